The number of amides is 2. The third-order valence-corrected chi connectivity index (χ3v) is 5.22. The van der Waals surface area contributed by atoms with Crippen molar-refractivity contribution in [3.8, 4) is 0 Å². The first-order valence-electron chi connectivity index (χ1n) is 11.2. The van der Waals surface area contributed by atoms with Crippen LogP contribution in [0, 0.1) is 17.3 Å². The number of aromatic nitrogens is 1. The highest BCUT2D eigenvalue weighted by molar-refractivity contribution is 6.37. The van der Waals surface area contributed by atoms with Gasteiger partial charge in [0.1, 0.15) is 5.76 Å². The minimum Gasteiger partial charge on any atom is -0.449 e. The molecule has 0 spiro atoms. The summed E-state index contributed by atoms with van der Waals surface area (Å²) in [6.45, 7) is 9.88. The summed E-state index contributed by atoms with van der Waals surface area (Å²) < 4.78 is 10.4. The summed E-state index contributed by atoms with van der Waals surface area (Å²) >= 11 is 0. The van der Waals surface area contributed by atoms with Crippen LogP contribution in [-0.4, -0.2) is 47.9 Å². The lowest BCUT2D eigenvalue weighted by Gasteiger charge is -2.24. The quantitative estimate of drug-likeness (QED) is 0.639. The van der Waals surface area contributed by atoms with E-state index >= 15 is 0 Å². The normalized spacial score (nSPS) is 18.9. The highest BCUT2D eigenvalue weighted by Gasteiger charge is 2.32. The van der Waals surface area contributed by atoms with Crippen molar-refractivity contribution in [2.24, 2.45) is 17.3 Å². The highest BCUT2D eigenvalue weighted by Crippen LogP contribution is 2.20. The molecule has 0 fully saturated rings. The Morgan fingerprint density at radius 2 is 2.00 bits per heavy atom. The molecular weight excluding hydrogens is 414 g/mol. The first-order valence-corrected chi connectivity index (χ1v) is 11.2. The molecule has 2 heterocycles. The van der Waals surface area contributed by atoms with E-state index < -0.39 is 29.7 Å². The number of alkyl carbamates (subject to hydrolysis) is 1. The molecule has 2 unspecified atom stereocenters. The Balaban J connectivity index is 2.05. The predicted octanol–water partition coefficient (Wildman–Crippen LogP) is 2.61. The standard InChI is InChI=1S/C23H35N3O6/c1-14(2)19(25-22(30)31-13-23(3,4)5)18(27)11-15-7-6-8-16-12-17(32-26-16)9-10-24-21(29)20(15)28/h12,14-15,19H,6-11,13H2,1-5H3,(H,24,29)(H,25,30). The lowest BCUT2D eigenvalue weighted by Crippen LogP contribution is -2.46. The summed E-state index contributed by atoms with van der Waals surface area (Å²) in [5.41, 5.74) is 0.583. The number of carbonyl (C=O) groups is 4. The van der Waals surface area contributed by atoms with Gasteiger partial charge in [-0.15, -0.1) is 0 Å². The van der Waals surface area contributed by atoms with Gasteiger partial charge in [-0.3, -0.25) is 14.4 Å². The van der Waals surface area contributed by atoms with Crippen molar-refractivity contribution in [3.63, 3.8) is 0 Å². The van der Waals surface area contributed by atoms with Crippen molar-refractivity contribution >= 4 is 23.6 Å². The monoisotopic (exact) mass is 449 g/mol. The highest BCUT2D eigenvalue weighted by atomic mass is 16.5. The third-order valence-electron chi connectivity index (χ3n) is 5.22. The molecule has 1 aromatic rings. The van der Waals surface area contributed by atoms with E-state index in [0.29, 0.717) is 31.4 Å². The minimum absolute atomic E-state index is 0.126. The second kappa shape index (κ2) is 11.2. The van der Waals surface area contributed by atoms with Gasteiger partial charge in [-0.05, 0) is 30.6 Å². The van der Waals surface area contributed by atoms with E-state index in [1.807, 2.05) is 40.7 Å². The Kier molecular flexibility index (Phi) is 8.98. The van der Waals surface area contributed by atoms with Crippen LogP contribution in [0.4, 0.5) is 4.79 Å². The zero-order chi connectivity index (χ0) is 23.9. The number of ether oxygens (including phenoxy) is 1. The number of hydrogen-bond donors (Lipinski definition) is 2. The van der Waals surface area contributed by atoms with Gasteiger partial charge >= 0.3 is 6.09 Å². The van der Waals surface area contributed by atoms with Crippen LogP contribution in [0.5, 0.6) is 0 Å². The molecule has 0 aliphatic carbocycles. The number of Topliss-reactive ketones (excluding diaryl/α,β-unsaturated/α-hetero) is 2. The number of fused-ring (bicyclic) bond motifs is 2. The Labute approximate surface area is 189 Å². The molecule has 2 bridgehead atoms. The first kappa shape index (κ1) is 25.5. The summed E-state index contributed by atoms with van der Waals surface area (Å²) in [5.74, 6) is -1.92. The van der Waals surface area contributed by atoms with Crippen LogP contribution < -0.4 is 10.6 Å². The van der Waals surface area contributed by atoms with Crippen LogP contribution in [0.25, 0.3) is 0 Å². The van der Waals surface area contributed by atoms with E-state index in [9.17, 15) is 19.2 Å². The van der Waals surface area contributed by atoms with Gasteiger partial charge in [-0.25, -0.2) is 4.79 Å². The summed E-state index contributed by atoms with van der Waals surface area (Å²) in [6.07, 6.45) is 1.17. The van der Waals surface area contributed by atoms with Gasteiger partial charge in [0.25, 0.3) is 5.91 Å². The average Bonchev–Trinajstić information content (AvgIpc) is 3.15. The second-order valence-electron chi connectivity index (χ2n) is 9.92. The molecule has 2 amide bonds. The maximum absolute atomic E-state index is 13.0. The molecule has 178 valence electrons. The summed E-state index contributed by atoms with van der Waals surface area (Å²) in [7, 11) is 0. The fraction of sp³-hybridized carbons (Fsp3) is 0.696. The van der Waals surface area contributed by atoms with Crippen LogP contribution in [0.3, 0.4) is 0 Å². The Morgan fingerprint density at radius 3 is 2.66 bits per heavy atom. The molecule has 2 atom stereocenters. The summed E-state index contributed by atoms with van der Waals surface area (Å²) in [6, 6.07) is 1.04. The van der Waals surface area contributed by atoms with Crippen LogP contribution in [0.2, 0.25) is 0 Å². The number of nitrogens with one attached hydrogen (secondary N) is 2. The molecule has 1 aliphatic heterocycles. The zero-order valence-corrected chi connectivity index (χ0v) is 19.7. The lowest BCUT2D eigenvalue weighted by molar-refractivity contribution is -0.141. The van der Waals surface area contributed by atoms with Crippen molar-refractivity contribution in [2.45, 2.75) is 72.8 Å². The average molecular weight is 450 g/mol. The molecular formula is C23H35N3O6. The van der Waals surface area contributed by atoms with Gasteiger partial charge in [0.05, 0.1) is 18.3 Å². The molecule has 2 N–H and O–H groups in total. The van der Waals surface area contributed by atoms with E-state index in [2.05, 4.69) is 15.8 Å². The Hall–Kier alpha value is -2.71. The molecule has 0 radical (unpaired) electrons. The van der Waals surface area contributed by atoms with E-state index in [1.54, 1.807) is 0 Å². The van der Waals surface area contributed by atoms with Crippen molar-refractivity contribution in [1.82, 2.24) is 15.8 Å². The fourth-order valence-corrected chi connectivity index (χ4v) is 3.46. The SMILES string of the molecule is CC(C)C(NC(=O)OCC(C)(C)C)C(=O)CC1CCCc2cc(on2)CCNC(=O)C1=O. The number of rotatable bonds is 6. The summed E-state index contributed by atoms with van der Waals surface area (Å²) in [4.78, 5) is 50.3. The molecule has 0 saturated heterocycles. The summed E-state index contributed by atoms with van der Waals surface area (Å²) in [5, 5.41) is 9.22. The van der Waals surface area contributed by atoms with Gasteiger partial charge in [-0.1, -0.05) is 39.8 Å². The van der Waals surface area contributed by atoms with Crippen LogP contribution in [-0.2, 0) is 32.0 Å². The molecule has 1 aromatic heterocycles. The van der Waals surface area contributed by atoms with Crippen LogP contribution >= 0.6 is 0 Å². The number of ketones is 2. The number of aryl methyl sites for hydroxylation is 1. The number of hydrogen-bond acceptors (Lipinski definition) is 7. The second-order valence-corrected chi connectivity index (χ2v) is 9.92. The maximum atomic E-state index is 13.0. The fourth-order valence-electron chi connectivity index (χ4n) is 3.46. The van der Waals surface area contributed by atoms with Gasteiger partial charge in [-0.2, -0.15) is 0 Å². The van der Waals surface area contributed by atoms with Crippen molar-refractivity contribution in [2.75, 3.05) is 13.2 Å². The number of nitrogens with zero attached hydrogens (tertiary/aromatic N) is 1. The molecule has 9 heteroatoms. The zero-order valence-electron chi connectivity index (χ0n) is 19.7. The smallest absolute Gasteiger partial charge is 0.407 e. The molecule has 1 aliphatic rings. The first-order chi connectivity index (χ1) is 15.0. The van der Waals surface area contributed by atoms with Gasteiger partial charge in [0.15, 0.2) is 5.78 Å². The maximum Gasteiger partial charge on any atom is 0.407 e. The Morgan fingerprint density at radius 1 is 1.28 bits per heavy atom. The minimum atomic E-state index is -0.808. The van der Waals surface area contributed by atoms with E-state index in [1.165, 1.54) is 0 Å². The predicted molar refractivity (Wildman–Crippen MR) is 117 cm³/mol. The Bertz CT molecular complexity index is 824. The molecule has 0 saturated carbocycles. The topological polar surface area (TPSA) is 128 Å². The van der Waals surface area contributed by atoms with Gasteiger partial charge < -0.3 is 19.9 Å². The van der Waals surface area contributed by atoms with Crippen molar-refractivity contribution < 1.29 is 28.4 Å². The number of carbonyl (C=O) groups excluding carboxylic acids is 4. The van der Waals surface area contributed by atoms with Crippen molar-refractivity contribution in [1.29, 1.82) is 0 Å². The third kappa shape index (κ3) is 8.09. The molecule has 2 rings (SSSR count). The van der Waals surface area contributed by atoms with Gasteiger partial charge in [0, 0.05) is 31.4 Å². The molecule has 9 nitrogen and oxygen atoms in total. The van der Waals surface area contributed by atoms with E-state index in [-0.39, 0.29) is 36.7 Å². The van der Waals surface area contributed by atoms with E-state index in [4.69, 9.17) is 9.26 Å². The molecule has 0 aromatic carbocycles. The lowest BCUT2D eigenvalue weighted by atomic mass is 9.86. The van der Waals surface area contributed by atoms with Crippen molar-refractivity contribution in [3.05, 3.63) is 17.5 Å². The van der Waals surface area contributed by atoms with Crippen LogP contribution in [0.15, 0.2) is 10.6 Å². The van der Waals surface area contributed by atoms with Crippen LogP contribution in [0.1, 0.15) is 65.3 Å². The van der Waals surface area contributed by atoms with Gasteiger partial charge in [0.2, 0.25) is 5.78 Å². The molecule has 32 heavy (non-hydrogen) atoms. The van der Waals surface area contributed by atoms with E-state index in [0.717, 1.165) is 5.69 Å². The largest absolute Gasteiger partial charge is 0.449 e.